The van der Waals surface area contributed by atoms with Gasteiger partial charge in [-0.15, -0.1) is 0 Å². The predicted octanol–water partition coefficient (Wildman–Crippen LogP) is 2.83. The van der Waals surface area contributed by atoms with Gasteiger partial charge < -0.3 is 19.3 Å². The summed E-state index contributed by atoms with van der Waals surface area (Å²) in [5, 5.41) is 18.9. The molecule has 3 rings (SSSR count). The van der Waals surface area contributed by atoms with Crippen molar-refractivity contribution in [1.82, 2.24) is 0 Å². The molecule has 1 aliphatic heterocycles. The van der Waals surface area contributed by atoms with Gasteiger partial charge in [0.15, 0.2) is 11.5 Å². The van der Waals surface area contributed by atoms with Crippen molar-refractivity contribution in [3.8, 4) is 23.3 Å². The van der Waals surface area contributed by atoms with Crippen LogP contribution in [0.4, 0.5) is 0 Å². The summed E-state index contributed by atoms with van der Waals surface area (Å²) in [5.41, 5.74) is 1.27. The molecule has 0 amide bonds. The lowest BCUT2D eigenvalue weighted by Gasteiger charge is -2.14. The molecular formula is C18H17NO4. The number of aliphatic hydroxyl groups excluding tert-OH is 1. The third-order valence-corrected chi connectivity index (χ3v) is 3.55. The van der Waals surface area contributed by atoms with Gasteiger partial charge in [0.2, 0.25) is 0 Å². The largest absolute Gasteiger partial charge is 0.490 e. The molecule has 23 heavy (non-hydrogen) atoms. The standard InChI is InChI=1S/C18H17NO4/c19-11-13-2-4-14(5-3-13)16(20)12-23-15-6-7-17-18(10-15)22-9-1-8-21-17/h2-7,10,16,20H,1,8-9,12H2. The molecule has 2 aromatic rings. The van der Waals surface area contributed by atoms with Gasteiger partial charge in [-0.2, -0.15) is 5.26 Å². The average Bonchev–Trinajstić information content (AvgIpc) is 2.84. The molecular weight excluding hydrogens is 294 g/mol. The second kappa shape index (κ2) is 7.03. The normalized spacial score (nSPS) is 14.4. The molecule has 1 heterocycles. The number of benzene rings is 2. The Kier molecular flexibility index (Phi) is 4.65. The zero-order valence-electron chi connectivity index (χ0n) is 12.6. The number of nitrogens with zero attached hydrogens (tertiary/aromatic N) is 1. The Morgan fingerprint density at radius 2 is 1.83 bits per heavy atom. The summed E-state index contributed by atoms with van der Waals surface area (Å²) in [6, 6.07) is 14.2. The third-order valence-electron chi connectivity index (χ3n) is 3.55. The van der Waals surface area contributed by atoms with E-state index in [1.54, 1.807) is 36.4 Å². The van der Waals surface area contributed by atoms with Crippen LogP contribution >= 0.6 is 0 Å². The SMILES string of the molecule is N#Cc1ccc(C(O)COc2ccc3c(c2)OCCCO3)cc1. The van der Waals surface area contributed by atoms with Crippen molar-refractivity contribution in [2.24, 2.45) is 0 Å². The maximum atomic E-state index is 10.2. The van der Waals surface area contributed by atoms with Crippen LogP contribution in [-0.4, -0.2) is 24.9 Å². The summed E-state index contributed by atoms with van der Waals surface area (Å²) in [5.74, 6) is 1.98. The Morgan fingerprint density at radius 1 is 1.09 bits per heavy atom. The second-order valence-electron chi connectivity index (χ2n) is 5.22. The van der Waals surface area contributed by atoms with Gasteiger partial charge in [-0.05, 0) is 29.8 Å². The van der Waals surface area contributed by atoms with Gasteiger partial charge in [0, 0.05) is 12.5 Å². The van der Waals surface area contributed by atoms with Gasteiger partial charge in [-0.25, -0.2) is 0 Å². The van der Waals surface area contributed by atoms with Crippen LogP contribution in [0, 0.1) is 11.3 Å². The van der Waals surface area contributed by atoms with Crippen molar-refractivity contribution in [2.45, 2.75) is 12.5 Å². The van der Waals surface area contributed by atoms with E-state index in [1.165, 1.54) is 0 Å². The molecule has 0 fully saturated rings. The summed E-state index contributed by atoms with van der Waals surface area (Å²) >= 11 is 0. The predicted molar refractivity (Wildman–Crippen MR) is 83.7 cm³/mol. The van der Waals surface area contributed by atoms with E-state index in [1.807, 2.05) is 12.1 Å². The van der Waals surface area contributed by atoms with Crippen molar-refractivity contribution in [1.29, 1.82) is 5.26 Å². The first kappa shape index (κ1) is 15.2. The van der Waals surface area contributed by atoms with E-state index >= 15 is 0 Å². The summed E-state index contributed by atoms with van der Waals surface area (Å²) in [7, 11) is 0. The minimum absolute atomic E-state index is 0.117. The molecule has 1 unspecified atom stereocenters. The van der Waals surface area contributed by atoms with Crippen LogP contribution in [0.15, 0.2) is 42.5 Å². The van der Waals surface area contributed by atoms with E-state index in [4.69, 9.17) is 19.5 Å². The number of ether oxygens (including phenoxy) is 3. The molecule has 0 spiro atoms. The van der Waals surface area contributed by atoms with Crippen LogP contribution in [0.3, 0.4) is 0 Å². The molecule has 1 atom stereocenters. The second-order valence-corrected chi connectivity index (χ2v) is 5.22. The van der Waals surface area contributed by atoms with Gasteiger partial charge in [0.05, 0.1) is 24.8 Å². The Balaban J connectivity index is 1.63. The van der Waals surface area contributed by atoms with E-state index in [2.05, 4.69) is 0 Å². The van der Waals surface area contributed by atoms with E-state index in [-0.39, 0.29) is 6.61 Å². The molecule has 0 saturated heterocycles. The van der Waals surface area contributed by atoms with Crippen molar-refractivity contribution in [2.75, 3.05) is 19.8 Å². The number of aliphatic hydroxyl groups is 1. The summed E-state index contributed by atoms with van der Waals surface area (Å²) < 4.78 is 16.8. The number of rotatable bonds is 4. The zero-order chi connectivity index (χ0) is 16.1. The van der Waals surface area contributed by atoms with Crippen molar-refractivity contribution < 1.29 is 19.3 Å². The highest BCUT2D eigenvalue weighted by molar-refractivity contribution is 5.46. The highest BCUT2D eigenvalue weighted by atomic mass is 16.5. The van der Waals surface area contributed by atoms with Crippen molar-refractivity contribution in [3.05, 3.63) is 53.6 Å². The molecule has 0 bridgehead atoms. The summed E-state index contributed by atoms with van der Waals surface area (Å²) in [6.45, 7) is 1.38. The highest BCUT2D eigenvalue weighted by Crippen LogP contribution is 2.33. The molecule has 2 aromatic carbocycles. The van der Waals surface area contributed by atoms with Gasteiger partial charge >= 0.3 is 0 Å². The van der Waals surface area contributed by atoms with Crippen molar-refractivity contribution >= 4 is 0 Å². The first-order chi connectivity index (χ1) is 11.3. The van der Waals surface area contributed by atoms with E-state index < -0.39 is 6.10 Å². The summed E-state index contributed by atoms with van der Waals surface area (Å²) in [6.07, 6.45) is 0.0844. The fourth-order valence-corrected chi connectivity index (χ4v) is 2.28. The fourth-order valence-electron chi connectivity index (χ4n) is 2.28. The molecule has 1 aliphatic rings. The highest BCUT2D eigenvalue weighted by Gasteiger charge is 2.13. The molecule has 0 aliphatic carbocycles. The van der Waals surface area contributed by atoms with E-state index in [9.17, 15) is 5.11 Å². The van der Waals surface area contributed by atoms with Crippen LogP contribution in [0.1, 0.15) is 23.7 Å². The van der Waals surface area contributed by atoms with Crippen LogP contribution in [0.25, 0.3) is 0 Å². The molecule has 1 N–H and O–H groups in total. The quantitative estimate of drug-likeness (QED) is 0.940. The monoisotopic (exact) mass is 311 g/mol. The average molecular weight is 311 g/mol. The molecule has 5 nitrogen and oxygen atoms in total. The van der Waals surface area contributed by atoms with Gasteiger partial charge in [-0.3, -0.25) is 0 Å². The molecule has 5 heteroatoms. The first-order valence-corrected chi connectivity index (χ1v) is 7.47. The van der Waals surface area contributed by atoms with Gasteiger partial charge in [0.25, 0.3) is 0 Å². The lowest BCUT2D eigenvalue weighted by molar-refractivity contribution is 0.108. The Bertz CT molecular complexity index is 706. The zero-order valence-corrected chi connectivity index (χ0v) is 12.6. The van der Waals surface area contributed by atoms with Crippen molar-refractivity contribution in [3.63, 3.8) is 0 Å². The van der Waals surface area contributed by atoms with E-state index in [0.29, 0.717) is 41.6 Å². The molecule has 118 valence electrons. The number of fused-ring (bicyclic) bond motifs is 1. The number of hydrogen-bond donors (Lipinski definition) is 1. The topological polar surface area (TPSA) is 71.7 Å². The maximum Gasteiger partial charge on any atom is 0.164 e. The number of nitriles is 1. The van der Waals surface area contributed by atoms with E-state index in [0.717, 1.165) is 6.42 Å². The van der Waals surface area contributed by atoms with Crippen LogP contribution in [0.5, 0.6) is 17.2 Å². The lowest BCUT2D eigenvalue weighted by Crippen LogP contribution is -2.09. The summed E-state index contributed by atoms with van der Waals surface area (Å²) in [4.78, 5) is 0. The molecule has 0 radical (unpaired) electrons. The Hall–Kier alpha value is -2.71. The first-order valence-electron chi connectivity index (χ1n) is 7.47. The number of hydrogen-bond acceptors (Lipinski definition) is 5. The Morgan fingerprint density at radius 3 is 2.57 bits per heavy atom. The smallest absolute Gasteiger partial charge is 0.164 e. The minimum atomic E-state index is -0.765. The third kappa shape index (κ3) is 3.74. The maximum absolute atomic E-state index is 10.2. The lowest BCUT2D eigenvalue weighted by atomic mass is 10.1. The van der Waals surface area contributed by atoms with Gasteiger partial charge in [0.1, 0.15) is 18.5 Å². The van der Waals surface area contributed by atoms with Crippen LogP contribution < -0.4 is 14.2 Å². The molecule has 0 saturated carbocycles. The Labute approximate surface area is 134 Å². The van der Waals surface area contributed by atoms with Crippen LogP contribution in [0.2, 0.25) is 0 Å². The fraction of sp³-hybridized carbons (Fsp3) is 0.278. The molecule has 0 aromatic heterocycles. The van der Waals surface area contributed by atoms with Crippen LogP contribution in [-0.2, 0) is 0 Å². The van der Waals surface area contributed by atoms with Gasteiger partial charge in [-0.1, -0.05) is 12.1 Å². The minimum Gasteiger partial charge on any atom is -0.490 e.